The molecule has 0 aliphatic heterocycles. The van der Waals surface area contributed by atoms with Gasteiger partial charge in [0.25, 0.3) is 0 Å². The number of pyridine rings is 1. The SMILES string of the molecule is Cc1cccnc1CNc1ccc(Br)c(F)c1. The van der Waals surface area contributed by atoms with E-state index in [9.17, 15) is 4.39 Å². The van der Waals surface area contributed by atoms with Crippen molar-refractivity contribution in [2.45, 2.75) is 13.5 Å². The lowest BCUT2D eigenvalue weighted by atomic mass is 10.2. The van der Waals surface area contributed by atoms with Crippen molar-refractivity contribution in [2.75, 3.05) is 5.32 Å². The number of benzene rings is 1. The average molecular weight is 295 g/mol. The monoisotopic (exact) mass is 294 g/mol. The summed E-state index contributed by atoms with van der Waals surface area (Å²) in [7, 11) is 0. The topological polar surface area (TPSA) is 24.9 Å². The van der Waals surface area contributed by atoms with Crippen LogP contribution in [0.3, 0.4) is 0 Å². The lowest BCUT2D eigenvalue weighted by Gasteiger charge is -2.08. The summed E-state index contributed by atoms with van der Waals surface area (Å²) in [5.74, 6) is -0.271. The van der Waals surface area contributed by atoms with Crippen LogP contribution in [0.5, 0.6) is 0 Å². The van der Waals surface area contributed by atoms with Crippen molar-refractivity contribution in [3.05, 3.63) is 58.1 Å². The summed E-state index contributed by atoms with van der Waals surface area (Å²) in [5, 5.41) is 3.15. The molecule has 1 heterocycles. The number of anilines is 1. The number of nitrogens with zero attached hydrogens (tertiary/aromatic N) is 1. The molecule has 17 heavy (non-hydrogen) atoms. The Morgan fingerprint density at radius 3 is 2.88 bits per heavy atom. The number of hydrogen-bond donors (Lipinski definition) is 1. The van der Waals surface area contributed by atoms with Crippen molar-refractivity contribution in [1.29, 1.82) is 0 Å². The smallest absolute Gasteiger partial charge is 0.139 e. The highest BCUT2D eigenvalue weighted by Gasteiger charge is 2.02. The zero-order chi connectivity index (χ0) is 12.3. The van der Waals surface area contributed by atoms with E-state index in [1.54, 1.807) is 12.3 Å². The fourth-order valence-electron chi connectivity index (χ4n) is 1.50. The van der Waals surface area contributed by atoms with Gasteiger partial charge in [-0.25, -0.2) is 4.39 Å². The summed E-state index contributed by atoms with van der Waals surface area (Å²) in [6.07, 6.45) is 1.76. The Morgan fingerprint density at radius 2 is 2.18 bits per heavy atom. The summed E-state index contributed by atoms with van der Waals surface area (Å²) in [5.41, 5.74) is 2.84. The van der Waals surface area contributed by atoms with Gasteiger partial charge in [-0.3, -0.25) is 4.98 Å². The summed E-state index contributed by atoms with van der Waals surface area (Å²) < 4.78 is 13.8. The van der Waals surface area contributed by atoms with Gasteiger partial charge in [0.15, 0.2) is 0 Å². The molecule has 2 nitrogen and oxygen atoms in total. The second kappa shape index (κ2) is 5.27. The van der Waals surface area contributed by atoms with Crippen molar-refractivity contribution in [1.82, 2.24) is 4.98 Å². The van der Waals surface area contributed by atoms with Gasteiger partial charge in [-0.15, -0.1) is 0 Å². The van der Waals surface area contributed by atoms with Gasteiger partial charge in [0.05, 0.1) is 16.7 Å². The minimum absolute atomic E-state index is 0.271. The van der Waals surface area contributed by atoms with Gasteiger partial charge in [0, 0.05) is 11.9 Å². The van der Waals surface area contributed by atoms with E-state index in [0.29, 0.717) is 11.0 Å². The van der Waals surface area contributed by atoms with Crippen LogP contribution in [0.25, 0.3) is 0 Å². The maximum atomic E-state index is 13.3. The molecule has 0 aliphatic rings. The van der Waals surface area contributed by atoms with Crippen molar-refractivity contribution < 1.29 is 4.39 Å². The van der Waals surface area contributed by atoms with Crippen LogP contribution in [0.1, 0.15) is 11.3 Å². The molecule has 2 rings (SSSR count). The Labute approximate surface area is 108 Å². The van der Waals surface area contributed by atoms with E-state index in [4.69, 9.17) is 0 Å². The zero-order valence-corrected chi connectivity index (χ0v) is 11.0. The minimum atomic E-state index is -0.271. The summed E-state index contributed by atoms with van der Waals surface area (Å²) >= 11 is 3.12. The maximum absolute atomic E-state index is 13.3. The molecule has 1 aromatic carbocycles. The van der Waals surface area contributed by atoms with E-state index < -0.39 is 0 Å². The predicted octanol–water partition coefficient (Wildman–Crippen LogP) is 3.90. The van der Waals surface area contributed by atoms with Crippen LogP contribution in [0.15, 0.2) is 41.0 Å². The molecule has 88 valence electrons. The fraction of sp³-hybridized carbons (Fsp3) is 0.154. The molecule has 0 fully saturated rings. The second-order valence-corrected chi connectivity index (χ2v) is 4.60. The van der Waals surface area contributed by atoms with E-state index in [2.05, 4.69) is 26.2 Å². The highest BCUT2D eigenvalue weighted by atomic mass is 79.9. The van der Waals surface area contributed by atoms with Crippen molar-refractivity contribution in [2.24, 2.45) is 0 Å². The Kier molecular flexibility index (Phi) is 3.74. The van der Waals surface area contributed by atoms with Gasteiger partial charge >= 0.3 is 0 Å². The molecule has 0 bridgehead atoms. The fourth-order valence-corrected chi connectivity index (χ4v) is 1.74. The van der Waals surface area contributed by atoms with E-state index in [-0.39, 0.29) is 5.82 Å². The van der Waals surface area contributed by atoms with E-state index >= 15 is 0 Å². The van der Waals surface area contributed by atoms with Crippen LogP contribution >= 0.6 is 15.9 Å². The molecule has 0 atom stereocenters. The molecule has 1 aromatic heterocycles. The Morgan fingerprint density at radius 1 is 1.35 bits per heavy atom. The first-order valence-electron chi connectivity index (χ1n) is 5.26. The van der Waals surface area contributed by atoms with Crippen LogP contribution in [0.2, 0.25) is 0 Å². The van der Waals surface area contributed by atoms with Gasteiger partial charge in [0.1, 0.15) is 5.82 Å². The average Bonchev–Trinajstić information content (AvgIpc) is 2.32. The van der Waals surface area contributed by atoms with Crippen molar-refractivity contribution in [3.63, 3.8) is 0 Å². The van der Waals surface area contributed by atoms with Gasteiger partial charge in [-0.1, -0.05) is 6.07 Å². The molecule has 1 N–H and O–H groups in total. The Hall–Kier alpha value is -1.42. The molecule has 0 amide bonds. The van der Waals surface area contributed by atoms with E-state index in [0.717, 1.165) is 16.9 Å². The summed E-state index contributed by atoms with van der Waals surface area (Å²) in [4.78, 5) is 4.27. The van der Waals surface area contributed by atoms with Gasteiger partial charge < -0.3 is 5.32 Å². The quantitative estimate of drug-likeness (QED) is 0.928. The number of aryl methyl sites for hydroxylation is 1. The predicted molar refractivity (Wildman–Crippen MR) is 70.4 cm³/mol. The first kappa shape index (κ1) is 12.0. The molecule has 0 radical (unpaired) electrons. The van der Waals surface area contributed by atoms with E-state index in [1.165, 1.54) is 6.07 Å². The molecular weight excluding hydrogens is 283 g/mol. The highest BCUT2D eigenvalue weighted by Crippen LogP contribution is 2.19. The largest absolute Gasteiger partial charge is 0.379 e. The Bertz CT molecular complexity index is 529. The molecule has 0 saturated heterocycles. The molecule has 0 unspecified atom stereocenters. The lowest BCUT2D eigenvalue weighted by molar-refractivity contribution is 0.621. The molecule has 4 heteroatoms. The molecule has 0 saturated carbocycles. The van der Waals surface area contributed by atoms with Crippen LogP contribution in [0.4, 0.5) is 10.1 Å². The summed E-state index contributed by atoms with van der Waals surface area (Å²) in [6.45, 7) is 2.60. The van der Waals surface area contributed by atoms with Crippen LogP contribution < -0.4 is 5.32 Å². The summed E-state index contributed by atoms with van der Waals surface area (Å²) in [6, 6.07) is 8.88. The highest BCUT2D eigenvalue weighted by molar-refractivity contribution is 9.10. The third-order valence-electron chi connectivity index (χ3n) is 2.50. The van der Waals surface area contributed by atoms with Gasteiger partial charge in [-0.05, 0) is 52.7 Å². The van der Waals surface area contributed by atoms with Crippen LogP contribution in [-0.2, 0) is 6.54 Å². The molecule has 0 aliphatic carbocycles. The molecular formula is C13H12BrFN2. The van der Waals surface area contributed by atoms with E-state index in [1.807, 2.05) is 25.1 Å². The lowest BCUT2D eigenvalue weighted by Crippen LogP contribution is -2.03. The maximum Gasteiger partial charge on any atom is 0.139 e. The second-order valence-electron chi connectivity index (χ2n) is 3.75. The standard InChI is InChI=1S/C13H12BrFN2/c1-9-3-2-6-16-13(9)8-17-10-4-5-11(14)12(15)7-10/h2-7,17H,8H2,1H3. The minimum Gasteiger partial charge on any atom is -0.379 e. The Balaban J connectivity index is 2.08. The van der Waals surface area contributed by atoms with Gasteiger partial charge in [0.2, 0.25) is 0 Å². The number of halogens is 2. The normalized spacial score (nSPS) is 10.3. The third-order valence-corrected chi connectivity index (χ3v) is 3.14. The zero-order valence-electron chi connectivity index (χ0n) is 9.37. The van der Waals surface area contributed by atoms with Gasteiger partial charge in [-0.2, -0.15) is 0 Å². The van der Waals surface area contributed by atoms with Crippen LogP contribution in [-0.4, -0.2) is 4.98 Å². The first-order valence-corrected chi connectivity index (χ1v) is 6.05. The van der Waals surface area contributed by atoms with Crippen molar-refractivity contribution in [3.8, 4) is 0 Å². The first-order chi connectivity index (χ1) is 8.16. The van der Waals surface area contributed by atoms with Crippen molar-refractivity contribution >= 4 is 21.6 Å². The van der Waals surface area contributed by atoms with Crippen LogP contribution in [0, 0.1) is 12.7 Å². The number of nitrogens with one attached hydrogen (secondary N) is 1. The number of aromatic nitrogens is 1. The molecule has 0 spiro atoms. The third kappa shape index (κ3) is 3.03. The number of rotatable bonds is 3. The number of hydrogen-bond acceptors (Lipinski definition) is 2. The molecule has 2 aromatic rings.